The summed E-state index contributed by atoms with van der Waals surface area (Å²) in [7, 11) is 1.53. The van der Waals surface area contributed by atoms with E-state index in [0.717, 1.165) is 31.5 Å². The molecule has 6 rings (SSSR count). The number of pyridine rings is 1. The van der Waals surface area contributed by atoms with E-state index in [1.54, 1.807) is 24.5 Å². The third kappa shape index (κ3) is 3.75. The van der Waals surface area contributed by atoms with Gasteiger partial charge in [-0.15, -0.1) is 0 Å². The number of amides is 1. The first-order valence-corrected chi connectivity index (χ1v) is 11.9. The Kier molecular flexibility index (Phi) is 5.35. The van der Waals surface area contributed by atoms with Crippen LogP contribution in [0.3, 0.4) is 0 Å². The summed E-state index contributed by atoms with van der Waals surface area (Å²) < 4.78 is 44.4. The van der Waals surface area contributed by atoms with Gasteiger partial charge >= 0.3 is 6.18 Å². The lowest BCUT2D eigenvalue weighted by Crippen LogP contribution is -2.55. The summed E-state index contributed by atoms with van der Waals surface area (Å²) in [4.78, 5) is 28.8. The van der Waals surface area contributed by atoms with E-state index >= 15 is 0 Å². The van der Waals surface area contributed by atoms with Crippen molar-refractivity contribution in [3.63, 3.8) is 0 Å². The van der Waals surface area contributed by atoms with E-state index in [-0.39, 0.29) is 24.0 Å². The quantitative estimate of drug-likeness (QED) is 0.554. The van der Waals surface area contributed by atoms with Crippen LogP contribution in [-0.2, 0) is 6.18 Å². The summed E-state index contributed by atoms with van der Waals surface area (Å²) >= 11 is 0. The van der Waals surface area contributed by atoms with Gasteiger partial charge in [-0.05, 0) is 55.4 Å². The van der Waals surface area contributed by atoms with Crippen molar-refractivity contribution in [3.8, 4) is 17.1 Å². The smallest absolute Gasteiger partial charge is 0.417 e. The lowest BCUT2D eigenvalue weighted by molar-refractivity contribution is -0.137. The van der Waals surface area contributed by atoms with E-state index in [2.05, 4.69) is 20.3 Å². The zero-order valence-corrected chi connectivity index (χ0v) is 19.4. The first kappa shape index (κ1) is 22.8. The van der Waals surface area contributed by atoms with Crippen LogP contribution in [0.5, 0.6) is 5.75 Å². The van der Waals surface area contributed by atoms with Gasteiger partial charge in [-0.25, -0.2) is 15.0 Å². The van der Waals surface area contributed by atoms with Crippen LogP contribution in [0, 0.1) is 11.8 Å². The molecule has 3 aliphatic rings. The molecule has 3 fully saturated rings. The van der Waals surface area contributed by atoms with Crippen molar-refractivity contribution >= 4 is 11.7 Å². The molecule has 1 N–H and O–H groups in total. The molecule has 186 valence electrons. The monoisotopic (exact) mass is 495 g/mol. The fraction of sp³-hybridized carbons (Fsp3) is 0.385. The topological polar surface area (TPSA) is 80.2 Å². The minimum atomic E-state index is -4.44. The number of ether oxygens (including phenoxy) is 1. The van der Waals surface area contributed by atoms with Crippen molar-refractivity contribution in [1.82, 2.24) is 19.9 Å². The molecule has 4 heterocycles. The summed E-state index contributed by atoms with van der Waals surface area (Å²) in [5.41, 5.74) is 0.242. The minimum Gasteiger partial charge on any atom is -0.496 e. The molecule has 10 heteroatoms. The molecular formula is C26H24F3N5O2. The van der Waals surface area contributed by atoms with Crippen LogP contribution < -0.4 is 10.1 Å². The first-order valence-electron chi connectivity index (χ1n) is 11.9. The summed E-state index contributed by atoms with van der Waals surface area (Å²) in [5.74, 6) is 1.92. The second kappa shape index (κ2) is 8.46. The Bertz CT molecular complexity index is 1280. The van der Waals surface area contributed by atoms with Crippen LogP contribution in [0.4, 0.5) is 19.0 Å². The van der Waals surface area contributed by atoms with Crippen molar-refractivity contribution < 1.29 is 22.7 Å². The van der Waals surface area contributed by atoms with E-state index < -0.39 is 11.7 Å². The molecule has 5 unspecified atom stereocenters. The Morgan fingerprint density at radius 3 is 2.56 bits per heavy atom. The Morgan fingerprint density at radius 2 is 1.86 bits per heavy atom. The molecule has 1 amide bonds. The summed E-state index contributed by atoms with van der Waals surface area (Å²) in [6.07, 6.45) is 2.37. The summed E-state index contributed by atoms with van der Waals surface area (Å²) in [5, 5.41) is 3.33. The number of nitrogens with one attached hydrogen (secondary N) is 1. The molecule has 5 atom stereocenters. The number of anilines is 1. The largest absolute Gasteiger partial charge is 0.496 e. The van der Waals surface area contributed by atoms with Gasteiger partial charge in [-0.1, -0.05) is 12.1 Å². The number of piperidine rings is 2. The number of carbonyl (C=O) groups excluding carboxylic acids is 1. The van der Waals surface area contributed by atoms with Crippen molar-refractivity contribution in [2.75, 3.05) is 12.4 Å². The van der Waals surface area contributed by atoms with Gasteiger partial charge in [-0.3, -0.25) is 4.79 Å². The highest BCUT2D eigenvalue weighted by Gasteiger charge is 2.64. The Balaban J connectivity index is 1.32. The fourth-order valence-corrected chi connectivity index (χ4v) is 6.06. The molecule has 2 bridgehead atoms. The Morgan fingerprint density at radius 1 is 1.06 bits per heavy atom. The van der Waals surface area contributed by atoms with Gasteiger partial charge in [0.2, 0.25) is 0 Å². The third-order valence-electron chi connectivity index (χ3n) is 7.68. The standard InChI is InChI=1S/C26H24F3N5O2/c1-36-20-5-2-4-16(24-30-10-3-11-31-24)22(20)25(35)34-19-8-7-15-17(23(15)34)12-18(19)33-21-9-6-14(13-32-21)26(27,28)29/h2-6,9-11,13,15,17-19,23H,7-8,12H2,1H3,(H,32,33). The highest BCUT2D eigenvalue weighted by molar-refractivity contribution is 6.03. The lowest BCUT2D eigenvalue weighted by Gasteiger charge is -2.43. The number of halogens is 3. The number of methoxy groups -OCH3 is 1. The van der Waals surface area contributed by atoms with Gasteiger partial charge in [0.1, 0.15) is 11.6 Å². The molecule has 7 nitrogen and oxygen atoms in total. The summed E-state index contributed by atoms with van der Waals surface area (Å²) in [6.45, 7) is 0. The first-order chi connectivity index (χ1) is 17.4. The van der Waals surface area contributed by atoms with Crippen LogP contribution in [0.25, 0.3) is 11.4 Å². The molecule has 0 spiro atoms. The molecule has 2 saturated heterocycles. The van der Waals surface area contributed by atoms with Gasteiger partial charge < -0.3 is 15.0 Å². The molecule has 0 radical (unpaired) electrons. The summed E-state index contributed by atoms with van der Waals surface area (Å²) in [6, 6.07) is 9.41. The number of carbonyl (C=O) groups is 1. The van der Waals surface area contributed by atoms with Crippen LogP contribution in [0.2, 0.25) is 0 Å². The van der Waals surface area contributed by atoms with Gasteiger partial charge in [0, 0.05) is 36.2 Å². The van der Waals surface area contributed by atoms with Crippen LogP contribution >= 0.6 is 0 Å². The molecule has 1 aliphatic carbocycles. The molecule has 36 heavy (non-hydrogen) atoms. The zero-order chi connectivity index (χ0) is 25.0. The highest BCUT2D eigenvalue weighted by atomic mass is 19.4. The number of benzene rings is 1. The maximum Gasteiger partial charge on any atom is 0.417 e. The number of hydrogen-bond donors (Lipinski definition) is 1. The average molecular weight is 496 g/mol. The van der Waals surface area contributed by atoms with Crippen molar-refractivity contribution in [3.05, 3.63) is 66.1 Å². The number of nitrogens with zero attached hydrogens (tertiary/aromatic N) is 4. The average Bonchev–Trinajstić information content (AvgIpc) is 3.64. The van der Waals surface area contributed by atoms with Crippen LogP contribution in [0.1, 0.15) is 35.2 Å². The zero-order valence-electron chi connectivity index (χ0n) is 19.4. The molecule has 1 aromatic carbocycles. The number of hydrogen-bond acceptors (Lipinski definition) is 6. The number of rotatable bonds is 5. The van der Waals surface area contributed by atoms with E-state index in [1.807, 2.05) is 17.0 Å². The van der Waals surface area contributed by atoms with Gasteiger partial charge in [0.05, 0.1) is 24.3 Å². The number of alkyl halides is 3. The van der Waals surface area contributed by atoms with Crippen LogP contribution in [-0.4, -0.2) is 51.0 Å². The number of fused-ring (bicyclic) bond motifs is 2. The molecule has 2 aliphatic heterocycles. The van der Waals surface area contributed by atoms with Crippen LogP contribution in [0.15, 0.2) is 55.0 Å². The van der Waals surface area contributed by atoms with Crippen molar-refractivity contribution in [1.29, 1.82) is 0 Å². The Labute approximate surface area is 205 Å². The molecule has 3 aromatic rings. The molecular weight excluding hydrogens is 471 g/mol. The second-order valence-corrected chi connectivity index (χ2v) is 9.55. The van der Waals surface area contributed by atoms with E-state index in [9.17, 15) is 18.0 Å². The minimum absolute atomic E-state index is 0.113. The SMILES string of the molecule is COc1cccc(-c2ncccn2)c1C(=O)N1C2CCC3C(CC2Nc2ccc(C(F)(F)F)cn2)C31. The molecule has 2 aromatic heterocycles. The predicted molar refractivity (Wildman–Crippen MR) is 125 cm³/mol. The normalized spacial score (nSPS) is 26.3. The second-order valence-electron chi connectivity index (χ2n) is 9.55. The van der Waals surface area contributed by atoms with E-state index in [0.29, 0.717) is 40.4 Å². The maximum atomic E-state index is 14.2. The predicted octanol–water partition coefficient (Wildman–Crippen LogP) is 4.67. The third-order valence-corrected chi connectivity index (χ3v) is 7.68. The number of aromatic nitrogens is 3. The van der Waals surface area contributed by atoms with Gasteiger partial charge in [0.15, 0.2) is 5.82 Å². The van der Waals surface area contributed by atoms with Gasteiger partial charge in [-0.2, -0.15) is 13.2 Å². The maximum absolute atomic E-state index is 14.2. The fourth-order valence-electron chi connectivity index (χ4n) is 6.06. The van der Waals surface area contributed by atoms with Crippen molar-refractivity contribution in [2.45, 2.75) is 43.6 Å². The van der Waals surface area contributed by atoms with Crippen molar-refractivity contribution in [2.24, 2.45) is 11.8 Å². The molecule has 1 saturated carbocycles. The highest BCUT2D eigenvalue weighted by Crippen LogP contribution is 2.59. The Hall–Kier alpha value is -3.69. The van der Waals surface area contributed by atoms with Gasteiger partial charge in [0.25, 0.3) is 5.91 Å². The van der Waals surface area contributed by atoms with E-state index in [4.69, 9.17) is 4.74 Å². The van der Waals surface area contributed by atoms with E-state index in [1.165, 1.54) is 13.2 Å². The lowest BCUT2D eigenvalue weighted by atomic mass is 9.91.